The number of hydrazine groups is 1. The lowest BCUT2D eigenvalue weighted by Gasteiger charge is -2.22. The number of anilines is 2. The molecule has 0 unspecified atom stereocenters. The van der Waals surface area contributed by atoms with E-state index in [2.05, 4.69) is 10.4 Å². The topological polar surface area (TPSA) is 97.5 Å². The molecular formula is C13H16N4O3S. The zero-order valence-corrected chi connectivity index (χ0v) is 12.5. The van der Waals surface area contributed by atoms with Gasteiger partial charge in [0.15, 0.2) is 5.82 Å². The first kappa shape index (κ1) is 15.1. The Balaban J connectivity index is 2.53. The summed E-state index contributed by atoms with van der Waals surface area (Å²) in [6, 6.07) is 9.80. The van der Waals surface area contributed by atoms with Crippen LogP contribution in [0.5, 0.6) is 5.75 Å². The minimum atomic E-state index is -3.82. The Labute approximate surface area is 123 Å². The van der Waals surface area contributed by atoms with Gasteiger partial charge in [-0.25, -0.2) is 19.2 Å². The van der Waals surface area contributed by atoms with Gasteiger partial charge in [0.2, 0.25) is 0 Å². The molecule has 0 aliphatic rings. The van der Waals surface area contributed by atoms with E-state index in [0.29, 0.717) is 11.4 Å². The quantitative estimate of drug-likeness (QED) is 0.636. The molecule has 0 aliphatic carbocycles. The highest BCUT2D eigenvalue weighted by Crippen LogP contribution is 2.32. The van der Waals surface area contributed by atoms with Gasteiger partial charge in [0.1, 0.15) is 10.6 Å². The van der Waals surface area contributed by atoms with Gasteiger partial charge in [0, 0.05) is 13.2 Å². The van der Waals surface area contributed by atoms with Gasteiger partial charge in [-0.2, -0.15) is 0 Å². The fourth-order valence-corrected chi connectivity index (χ4v) is 3.19. The normalized spacial score (nSPS) is 11.0. The predicted octanol–water partition coefficient (Wildman–Crippen LogP) is 1.20. The molecule has 0 saturated carbocycles. The van der Waals surface area contributed by atoms with Gasteiger partial charge in [-0.15, -0.1) is 0 Å². The summed E-state index contributed by atoms with van der Waals surface area (Å²) in [5.41, 5.74) is 2.71. The maximum Gasteiger partial charge on any atom is 0.267 e. The third-order valence-electron chi connectivity index (χ3n) is 2.97. The number of nitrogens with zero attached hydrogens (tertiary/aromatic N) is 2. The van der Waals surface area contributed by atoms with Crippen molar-refractivity contribution >= 4 is 21.5 Å². The SMILES string of the molecule is COc1ccccc1N(C)S(=O)(=O)c1cccnc1NN. The molecule has 0 bridgehead atoms. The van der Waals surface area contributed by atoms with E-state index in [4.69, 9.17) is 10.6 Å². The first-order valence-electron chi connectivity index (χ1n) is 6.06. The summed E-state index contributed by atoms with van der Waals surface area (Å²) in [4.78, 5) is 3.90. The molecule has 0 amide bonds. The van der Waals surface area contributed by atoms with Crippen LogP contribution in [0.3, 0.4) is 0 Å². The van der Waals surface area contributed by atoms with Crippen LogP contribution in [-0.2, 0) is 10.0 Å². The van der Waals surface area contributed by atoms with E-state index in [1.165, 1.54) is 32.5 Å². The second-order valence-corrected chi connectivity index (χ2v) is 6.08. The molecule has 2 aromatic rings. The first-order chi connectivity index (χ1) is 10.0. The Hall–Kier alpha value is -2.32. The van der Waals surface area contributed by atoms with Crippen molar-refractivity contribution in [1.29, 1.82) is 0 Å². The third-order valence-corrected chi connectivity index (χ3v) is 4.77. The van der Waals surface area contributed by atoms with E-state index in [1.54, 1.807) is 24.3 Å². The fourth-order valence-electron chi connectivity index (χ4n) is 1.87. The van der Waals surface area contributed by atoms with E-state index >= 15 is 0 Å². The Morgan fingerprint density at radius 2 is 1.95 bits per heavy atom. The molecule has 0 fully saturated rings. The van der Waals surface area contributed by atoms with Crippen LogP contribution in [0.2, 0.25) is 0 Å². The van der Waals surface area contributed by atoms with E-state index in [9.17, 15) is 8.42 Å². The van der Waals surface area contributed by atoms with Crippen molar-refractivity contribution in [2.24, 2.45) is 5.84 Å². The molecule has 0 atom stereocenters. The number of nitrogens with two attached hydrogens (primary N) is 1. The van der Waals surface area contributed by atoms with Crippen molar-refractivity contribution in [2.75, 3.05) is 23.9 Å². The van der Waals surface area contributed by atoms with Crippen LogP contribution in [0, 0.1) is 0 Å². The summed E-state index contributed by atoms with van der Waals surface area (Å²) < 4.78 is 31.8. The molecule has 2 rings (SSSR count). The minimum absolute atomic E-state index is 0.0130. The summed E-state index contributed by atoms with van der Waals surface area (Å²) in [5, 5.41) is 0. The first-order valence-corrected chi connectivity index (χ1v) is 7.50. The summed E-state index contributed by atoms with van der Waals surface area (Å²) in [5.74, 6) is 5.86. The largest absolute Gasteiger partial charge is 0.495 e. The number of benzene rings is 1. The minimum Gasteiger partial charge on any atom is -0.495 e. The number of sulfonamides is 1. The second kappa shape index (κ2) is 5.98. The standard InChI is InChI=1S/C13H16N4O3S/c1-17(10-6-3-4-7-11(10)20-2)21(18,19)12-8-5-9-15-13(12)16-14/h3-9H,14H2,1-2H3,(H,15,16). The number of aromatic nitrogens is 1. The average Bonchev–Trinajstić information content (AvgIpc) is 2.53. The molecule has 1 aromatic carbocycles. The maximum atomic E-state index is 12.7. The number of nitrogens with one attached hydrogen (secondary N) is 1. The number of ether oxygens (including phenoxy) is 1. The molecule has 21 heavy (non-hydrogen) atoms. The highest BCUT2D eigenvalue weighted by Gasteiger charge is 2.26. The molecule has 8 heteroatoms. The number of para-hydroxylation sites is 2. The van der Waals surface area contributed by atoms with Crippen LogP contribution in [0.15, 0.2) is 47.5 Å². The molecule has 0 saturated heterocycles. The van der Waals surface area contributed by atoms with Gasteiger partial charge in [-0.3, -0.25) is 4.31 Å². The lowest BCUT2D eigenvalue weighted by Crippen LogP contribution is -2.28. The smallest absolute Gasteiger partial charge is 0.267 e. The highest BCUT2D eigenvalue weighted by molar-refractivity contribution is 7.93. The number of hydrogen-bond donors (Lipinski definition) is 2. The summed E-state index contributed by atoms with van der Waals surface area (Å²) in [6.45, 7) is 0. The molecule has 112 valence electrons. The van der Waals surface area contributed by atoms with E-state index in [0.717, 1.165) is 4.31 Å². The number of pyridine rings is 1. The third kappa shape index (κ3) is 2.76. The van der Waals surface area contributed by atoms with Gasteiger partial charge in [0.05, 0.1) is 12.8 Å². The predicted molar refractivity (Wildman–Crippen MR) is 80.6 cm³/mol. The van der Waals surface area contributed by atoms with Gasteiger partial charge in [0.25, 0.3) is 10.0 Å². The number of methoxy groups -OCH3 is 1. The zero-order chi connectivity index (χ0) is 15.5. The highest BCUT2D eigenvalue weighted by atomic mass is 32.2. The van der Waals surface area contributed by atoms with Crippen LogP contribution in [0.25, 0.3) is 0 Å². The fraction of sp³-hybridized carbons (Fsp3) is 0.154. The molecule has 0 spiro atoms. The van der Waals surface area contributed by atoms with Crippen molar-refractivity contribution in [3.8, 4) is 5.75 Å². The van der Waals surface area contributed by atoms with Crippen LogP contribution in [-0.4, -0.2) is 27.6 Å². The van der Waals surface area contributed by atoms with Gasteiger partial charge in [-0.1, -0.05) is 12.1 Å². The second-order valence-electron chi connectivity index (χ2n) is 4.14. The van der Waals surface area contributed by atoms with Gasteiger partial charge in [-0.05, 0) is 24.3 Å². The lowest BCUT2D eigenvalue weighted by atomic mass is 10.3. The van der Waals surface area contributed by atoms with Crippen LogP contribution in [0.1, 0.15) is 0 Å². The Morgan fingerprint density at radius 3 is 2.62 bits per heavy atom. The van der Waals surface area contributed by atoms with Crippen LogP contribution < -0.4 is 20.3 Å². The Bertz CT molecular complexity index is 734. The van der Waals surface area contributed by atoms with Crippen LogP contribution >= 0.6 is 0 Å². The van der Waals surface area contributed by atoms with Crippen molar-refractivity contribution in [3.05, 3.63) is 42.6 Å². The average molecular weight is 308 g/mol. The van der Waals surface area contributed by atoms with Crippen molar-refractivity contribution < 1.29 is 13.2 Å². The molecular weight excluding hydrogens is 292 g/mol. The van der Waals surface area contributed by atoms with E-state index in [1.807, 2.05) is 0 Å². The maximum absolute atomic E-state index is 12.7. The monoisotopic (exact) mass is 308 g/mol. The Kier molecular flexibility index (Phi) is 4.29. The van der Waals surface area contributed by atoms with E-state index < -0.39 is 10.0 Å². The van der Waals surface area contributed by atoms with Crippen molar-refractivity contribution in [2.45, 2.75) is 4.90 Å². The van der Waals surface area contributed by atoms with Gasteiger partial charge < -0.3 is 10.2 Å². The molecule has 7 nitrogen and oxygen atoms in total. The van der Waals surface area contributed by atoms with Crippen molar-refractivity contribution in [3.63, 3.8) is 0 Å². The summed E-state index contributed by atoms with van der Waals surface area (Å²) in [6.07, 6.45) is 1.46. The summed E-state index contributed by atoms with van der Waals surface area (Å²) >= 11 is 0. The summed E-state index contributed by atoms with van der Waals surface area (Å²) in [7, 11) is -0.892. The van der Waals surface area contributed by atoms with Crippen LogP contribution in [0.4, 0.5) is 11.5 Å². The zero-order valence-electron chi connectivity index (χ0n) is 11.6. The molecule has 0 aliphatic heterocycles. The molecule has 3 N–H and O–H groups in total. The molecule has 1 heterocycles. The van der Waals surface area contributed by atoms with Crippen molar-refractivity contribution in [1.82, 2.24) is 4.98 Å². The molecule has 1 aromatic heterocycles. The lowest BCUT2D eigenvalue weighted by molar-refractivity contribution is 0.416. The van der Waals surface area contributed by atoms with E-state index in [-0.39, 0.29) is 10.7 Å². The molecule has 0 radical (unpaired) electrons. The number of hydrogen-bond acceptors (Lipinski definition) is 6. The number of nitrogen functional groups attached to an aromatic ring is 1. The number of rotatable bonds is 5. The Morgan fingerprint density at radius 1 is 1.24 bits per heavy atom. The van der Waals surface area contributed by atoms with Gasteiger partial charge >= 0.3 is 0 Å².